The predicted molar refractivity (Wildman–Crippen MR) is 127 cm³/mol. The first kappa shape index (κ1) is 25.0. The lowest BCUT2D eigenvalue weighted by molar-refractivity contribution is -0.182. The number of aliphatic hydroxyl groups excluding tert-OH is 1. The minimum absolute atomic E-state index is 0.0275. The fourth-order valence-corrected chi connectivity index (χ4v) is 9.18. The topological polar surface area (TPSA) is 72.8 Å². The molecule has 0 aliphatic heterocycles. The lowest BCUT2D eigenvalue weighted by atomic mass is 9.43. The predicted octanol–water partition coefficient (Wildman–Crippen LogP) is 5.53. The number of esters is 2. The van der Waals surface area contributed by atoms with Crippen LogP contribution in [0.2, 0.25) is 0 Å². The van der Waals surface area contributed by atoms with Crippen molar-refractivity contribution in [1.29, 1.82) is 0 Å². The van der Waals surface area contributed by atoms with Crippen molar-refractivity contribution in [3.63, 3.8) is 0 Å². The van der Waals surface area contributed by atoms with Gasteiger partial charge < -0.3 is 14.6 Å². The number of aliphatic hydroxyl groups is 1. The van der Waals surface area contributed by atoms with Gasteiger partial charge in [-0.25, -0.2) is 0 Å². The molecule has 4 saturated carbocycles. The fraction of sp³-hybridized carbons (Fsp3) is 0.929. The summed E-state index contributed by atoms with van der Waals surface area (Å²) in [5.41, 5.74) is 0.504. The minimum atomic E-state index is -0.248. The van der Waals surface area contributed by atoms with Gasteiger partial charge in [-0.05, 0) is 104 Å². The Hall–Kier alpha value is -1.10. The smallest absolute Gasteiger partial charge is 0.305 e. The van der Waals surface area contributed by atoms with Crippen molar-refractivity contribution in [2.45, 2.75) is 111 Å². The Labute approximate surface area is 200 Å². The van der Waals surface area contributed by atoms with Crippen LogP contribution in [-0.2, 0) is 19.1 Å². The molecule has 0 bridgehead atoms. The monoisotopic (exact) mass is 462 g/mol. The van der Waals surface area contributed by atoms with Crippen LogP contribution in [-0.4, -0.2) is 36.4 Å². The van der Waals surface area contributed by atoms with E-state index in [2.05, 4.69) is 20.8 Å². The third kappa shape index (κ3) is 4.36. The Morgan fingerprint density at radius 2 is 1.70 bits per heavy atom. The van der Waals surface area contributed by atoms with Gasteiger partial charge in [-0.1, -0.05) is 27.7 Å². The molecule has 0 aromatic rings. The van der Waals surface area contributed by atoms with E-state index in [0.29, 0.717) is 48.3 Å². The number of hydrogen-bond acceptors (Lipinski definition) is 5. The highest BCUT2D eigenvalue weighted by atomic mass is 16.5. The molecule has 0 unspecified atom stereocenters. The van der Waals surface area contributed by atoms with Gasteiger partial charge in [0.15, 0.2) is 0 Å². The van der Waals surface area contributed by atoms with Gasteiger partial charge in [0.1, 0.15) is 6.10 Å². The first-order chi connectivity index (χ1) is 15.6. The van der Waals surface area contributed by atoms with Gasteiger partial charge in [0, 0.05) is 12.8 Å². The van der Waals surface area contributed by atoms with Crippen molar-refractivity contribution in [2.75, 3.05) is 7.11 Å². The number of ether oxygens (including phenoxy) is 2. The van der Waals surface area contributed by atoms with Gasteiger partial charge in [-0.3, -0.25) is 9.59 Å². The fourth-order valence-electron chi connectivity index (χ4n) is 9.18. The molecule has 0 saturated heterocycles. The molecule has 0 spiro atoms. The summed E-state index contributed by atoms with van der Waals surface area (Å²) in [5.74, 6) is 2.90. The van der Waals surface area contributed by atoms with E-state index in [4.69, 9.17) is 9.47 Å². The number of rotatable bonds is 6. The van der Waals surface area contributed by atoms with E-state index in [0.717, 1.165) is 32.1 Å². The Morgan fingerprint density at radius 1 is 1.00 bits per heavy atom. The van der Waals surface area contributed by atoms with Crippen molar-refractivity contribution in [3.05, 3.63) is 0 Å². The summed E-state index contributed by atoms with van der Waals surface area (Å²) >= 11 is 0. The second-order valence-electron chi connectivity index (χ2n) is 12.4. The lowest BCUT2D eigenvalue weighted by Crippen LogP contribution is -2.58. The Balaban J connectivity index is 1.48. The van der Waals surface area contributed by atoms with Crippen LogP contribution >= 0.6 is 0 Å². The number of hydrogen-bond donors (Lipinski definition) is 1. The van der Waals surface area contributed by atoms with E-state index in [-0.39, 0.29) is 35.0 Å². The molecule has 10 atom stereocenters. The minimum Gasteiger partial charge on any atom is -0.469 e. The largest absolute Gasteiger partial charge is 0.469 e. The highest BCUT2D eigenvalue weighted by Crippen LogP contribution is 2.68. The van der Waals surface area contributed by atoms with E-state index < -0.39 is 0 Å². The van der Waals surface area contributed by atoms with Crippen LogP contribution in [0.3, 0.4) is 0 Å². The zero-order valence-electron chi connectivity index (χ0n) is 21.5. The molecule has 0 radical (unpaired) electrons. The standard InChI is InChI=1S/C28H46O5/c1-6-24(30)33-19-11-13-27(3)18(15-19)16-23(29)26-21-9-8-20(17(2)7-10-25(31)32-5)28(21,4)14-12-22(26)27/h17-23,26,29H,6-16H2,1-5H3/t17-,18+,19-,20-,21+,22+,23-,26+,27+,28-/m1/s1. The van der Waals surface area contributed by atoms with Gasteiger partial charge in [-0.15, -0.1) is 0 Å². The van der Waals surface area contributed by atoms with Crippen molar-refractivity contribution < 1.29 is 24.2 Å². The summed E-state index contributed by atoms with van der Waals surface area (Å²) in [4.78, 5) is 23.6. The van der Waals surface area contributed by atoms with E-state index in [1.165, 1.54) is 32.8 Å². The van der Waals surface area contributed by atoms with Gasteiger partial charge in [0.05, 0.1) is 13.2 Å². The average molecular weight is 463 g/mol. The second kappa shape index (κ2) is 9.51. The number of fused-ring (bicyclic) bond motifs is 5. The highest BCUT2D eigenvalue weighted by molar-refractivity contribution is 5.69. The molecule has 0 amide bonds. The molecule has 0 aromatic carbocycles. The summed E-state index contributed by atoms with van der Waals surface area (Å²) in [6.07, 6.45) is 10.3. The molecule has 5 heteroatoms. The third-order valence-electron chi connectivity index (χ3n) is 11.0. The molecule has 1 N–H and O–H groups in total. The summed E-state index contributed by atoms with van der Waals surface area (Å²) in [6.45, 7) is 9.14. The molecular weight excluding hydrogens is 416 g/mol. The molecule has 188 valence electrons. The van der Waals surface area contributed by atoms with Crippen LogP contribution in [0.25, 0.3) is 0 Å². The van der Waals surface area contributed by atoms with Gasteiger partial charge in [0.25, 0.3) is 0 Å². The summed E-state index contributed by atoms with van der Waals surface area (Å²) in [5, 5.41) is 11.5. The molecule has 4 aliphatic carbocycles. The maximum absolute atomic E-state index is 11.9. The summed E-state index contributed by atoms with van der Waals surface area (Å²) in [6, 6.07) is 0. The number of carbonyl (C=O) groups excluding carboxylic acids is 2. The van der Waals surface area contributed by atoms with E-state index in [1.807, 2.05) is 6.92 Å². The molecule has 4 fully saturated rings. The molecule has 0 heterocycles. The summed E-state index contributed by atoms with van der Waals surface area (Å²) < 4.78 is 10.6. The van der Waals surface area contributed by atoms with Crippen molar-refractivity contribution >= 4 is 11.9 Å². The van der Waals surface area contributed by atoms with Crippen LogP contribution in [0.5, 0.6) is 0 Å². The summed E-state index contributed by atoms with van der Waals surface area (Å²) in [7, 11) is 1.47. The average Bonchev–Trinajstić information content (AvgIpc) is 3.15. The van der Waals surface area contributed by atoms with Gasteiger partial charge in [0.2, 0.25) is 0 Å². The van der Waals surface area contributed by atoms with Gasteiger partial charge in [-0.2, -0.15) is 0 Å². The van der Waals surface area contributed by atoms with Crippen molar-refractivity contribution in [1.82, 2.24) is 0 Å². The Morgan fingerprint density at radius 3 is 2.39 bits per heavy atom. The van der Waals surface area contributed by atoms with E-state index >= 15 is 0 Å². The second-order valence-corrected chi connectivity index (χ2v) is 12.4. The maximum atomic E-state index is 11.9. The molecule has 33 heavy (non-hydrogen) atoms. The lowest BCUT2D eigenvalue weighted by Gasteiger charge is -2.62. The van der Waals surface area contributed by atoms with Crippen LogP contribution < -0.4 is 0 Å². The van der Waals surface area contributed by atoms with E-state index in [1.54, 1.807) is 0 Å². The Kier molecular flexibility index (Phi) is 7.21. The van der Waals surface area contributed by atoms with Crippen molar-refractivity contribution in [2.24, 2.45) is 46.3 Å². The number of carbonyl (C=O) groups is 2. The van der Waals surface area contributed by atoms with Gasteiger partial charge >= 0.3 is 11.9 Å². The molecule has 4 rings (SSSR count). The Bertz CT molecular complexity index is 736. The van der Waals surface area contributed by atoms with Crippen LogP contribution in [0, 0.1) is 46.3 Å². The van der Waals surface area contributed by atoms with Crippen LogP contribution in [0.15, 0.2) is 0 Å². The molecule has 5 nitrogen and oxygen atoms in total. The first-order valence-electron chi connectivity index (χ1n) is 13.6. The zero-order chi connectivity index (χ0) is 24.0. The maximum Gasteiger partial charge on any atom is 0.305 e. The molecular formula is C28H46O5. The molecule has 4 aliphatic rings. The first-order valence-corrected chi connectivity index (χ1v) is 13.6. The zero-order valence-corrected chi connectivity index (χ0v) is 21.5. The normalized spacial score (nSPS) is 45.3. The third-order valence-corrected chi connectivity index (χ3v) is 11.0. The van der Waals surface area contributed by atoms with Crippen molar-refractivity contribution in [3.8, 4) is 0 Å². The quantitative estimate of drug-likeness (QED) is 0.526. The van der Waals surface area contributed by atoms with Crippen LogP contribution in [0.4, 0.5) is 0 Å². The molecule has 0 aromatic heterocycles. The van der Waals surface area contributed by atoms with Crippen LogP contribution in [0.1, 0.15) is 98.3 Å². The SMILES string of the molecule is CCC(=O)O[C@@H]1CC[C@@]2(C)[C@@H](C1)C[C@@H](O)[C@@H]1[C@@H]2CC[C@]2(C)[C@@H]([C@H](C)CCC(=O)OC)CC[C@@H]12. The van der Waals surface area contributed by atoms with E-state index in [9.17, 15) is 14.7 Å². The number of methoxy groups -OCH3 is 1. The highest BCUT2D eigenvalue weighted by Gasteiger charge is 2.63.